The van der Waals surface area contributed by atoms with Gasteiger partial charge >= 0.3 is 0 Å². The predicted molar refractivity (Wildman–Crippen MR) is 92.4 cm³/mol. The normalized spacial score (nSPS) is 17.1. The number of aromatic nitrogens is 2. The van der Waals surface area contributed by atoms with E-state index in [1.165, 1.54) is 12.8 Å². The lowest BCUT2D eigenvalue weighted by Gasteiger charge is -2.19. The number of nitrogens with zero attached hydrogens (tertiary/aromatic N) is 3. The minimum atomic E-state index is -0.314. The summed E-state index contributed by atoms with van der Waals surface area (Å²) in [5.74, 6) is 0.0753. The first-order valence-corrected chi connectivity index (χ1v) is 8.23. The predicted octanol–water partition coefficient (Wildman–Crippen LogP) is 2.59. The Morgan fingerprint density at radius 1 is 1.25 bits per heavy atom. The van der Waals surface area contributed by atoms with Crippen LogP contribution in [0.5, 0.6) is 0 Å². The van der Waals surface area contributed by atoms with Crippen molar-refractivity contribution in [2.24, 2.45) is 0 Å². The van der Waals surface area contributed by atoms with Crippen molar-refractivity contribution in [2.75, 3.05) is 19.6 Å². The maximum atomic E-state index is 12.2. The summed E-state index contributed by atoms with van der Waals surface area (Å²) in [4.78, 5) is 21.2. The number of rotatable bonds is 3. The van der Waals surface area contributed by atoms with Gasteiger partial charge in [-0.15, -0.1) is 0 Å². The molecule has 2 aromatic rings. The number of aliphatic hydroxyl groups is 1. The summed E-state index contributed by atoms with van der Waals surface area (Å²) in [5.41, 5.74) is 0.222. The molecule has 0 radical (unpaired) electrons. The molecule has 0 aliphatic carbocycles. The Hall–Kier alpha value is -2.65. The molecular weight excluding hydrogens is 304 g/mol. The molecule has 2 N–H and O–H groups in total. The van der Waals surface area contributed by atoms with E-state index < -0.39 is 0 Å². The van der Waals surface area contributed by atoms with Crippen LogP contribution >= 0.6 is 0 Å². The Bertz CT molecular complexity index is 855. The average Bonchev–Trinajstić information content (AvgIpc) is 2.84. The molecule has 1 fully saturated rings. The highest BCUT2D eigenvalue weighted by Gasteiger charge is 2.17. The maximum absolute atomic E-state index is 12.2. The van der Waals surface area contributed by atoms with Crippen molar-refractivity contribution < 1.29 is 5.11 Å². The van der Waals surface area contributed by atoms with Gasteiger partial charge in [-0.25, -0.2) is 4.98 Å². The molecule has 0 saturated carbocycles. The second-order valence-corrected chi connectivity index (χ2v) is 6.06. The van der Waals surface area contributed by atoms with Crippen LogP contribution < -0.4 is 5.56 Å². The first-order valence-electron chi connectivity index (χ1n) is 8.23. The molecule has 3 rings (SSSR count). The van der Waals surface area contributed by atoms with Crippen LogP contribution in [-0.4, -0.2) is 39.6 Å². The summed E-state index contributed by atoms with van der Waals surface area (Å²) < 4.78 is 0. The van der Waals surface area contributed by atoms with Crippen LogP contribution in [0.3, 0.4) is 0 Å². The Kier molecular flexibility index (Phi) is 4.92. The highest BCUT2D eigenvalue weighted by Crippen LogP contribution is 2.17. The number of aromatic amines is 1. The molecule has 24 heavy (non-hydrogen) atoms. The minimum absolute atomic E-state index is 0.0297. The van der Waals surface area contributed by atoms with E-state index in [-0.39, 0.29) is 22.7 Å². The van der Waals surface area contributed by atoms with Crippen LogP contribution in [0.15, 0.2) is 34.8 Å². The van der Waals surface area contributed by atoms with Crippen LogP contribution in [-0.2, 0) is 0 Å². The van der Waals surface area contributed by atoms with Gasteiger partial charge in [0.25, 0.3) is 5.56 Å². The fourth-order valence-electron chi connectivity index (χ4n) is 3.04. The fraction of sp³-hybridized carbons (Fsp3) is 0.389. The number of H-pyrrole nitrogens is 1. The van der Waals surface area contributed by atoms with Gasteiger partial charge in [0.15, 0.2) is 5.82 Å². The van der Waals surface area contributed by atoms with E-state index in [2.05, 4.69) is 14.9 Å². The second-order valence-electron chi connectivity index (χ2n) is 6.06. The molecule has 0 atom stereocenters. The van der Waals surface area contributed by atoms with Crippen molar-refractivity contribution >= 4 is 16.5 Å². The van der Waals surface area contributed by atoms with Crippen LogP contribution in [0.2, 0.25) is 0 Å². The fourth-order valence-corrected chi connectivity index (χ4v) is 3.04. The number of fused-ring (bicyclic) bond motifs is 1. The lowest BCUT2D eigenvalue weighted by atomic mass is 10.2. The third-order valence-corrected chi connectivity index (χ3v) is 4.32. The third kappa shape index (κ3) is 3.47. The van der Waals surface area contributed by atoms with Gasteiger partial charge in [0.1, 0.15) is 17.4 Å². The van der Waals surface area contributed by atoms with E-state index in [0.29, 0.717) is 17.4 Å². The van der Waals surface area contributed by atoms with E-state index in [4.69, 9.17) is 0 Å². The molecule has 0 bridgehead atoms. The largest absolute Gasteiger partial charge is 0.509 e. The summed E-state index contributed by atoms with van der Waals surface area (Å²) >= 11 is 0. The van der Waals surface area contributed by atoms with Crippen molar-refractivity contribution in [1.29, 1.82) is 5.26 Å². The van der Waals surface area contributed by atoms with Crippen molar-refractivity contribution in [2.45, 2.75) is 25.7 Å². The van der Waals surface area contributed by atoms with E-state index in [1.807, 2.05) is 6.07 Å². The summed E-state index contributed by atoms with van der Waals surface area (Å²) in [5, 5.41) is 20.3. The number of para-hydroxylation sites is 1. The number of nitriles is 1. The van der Waals surface area contributed by atoms with E-state index >= 15 is 0 Å². The van der Waals surface area contributed by atoms with Crippen molar-refractivity contribution in [3.63, 3.8) is 0 Å². The van der Waals surface area contributed by atoms with Gasteiger partial charge in [0, 0.05) is 0 Å². The number of likely N-dealkylation sites (tertiary alicyclic amines) is 1. The topological polar surface area (TPSA) is 93.0 Å². The highest BCUT2D eigenvalue weighted by molar-refractivity contribution is 5.81. The van der Waals surface area contributed by atoms with Crippen LogP contribution in [0.25, 0.3) is 16.5 Å². The number of benzene rings is 1. The number of hydrogen-bond acceptors (Lipinski definition) is 5. The first kappa shape index (κ1) is 16.2. The molecule has 1 aromatic heterocycles. The lowest BCUT2D eigenvalue weighted by Crippen LogP contribution is -2.27. The van der Waals surface area contributed by atoms with Gasteiger partial charge in [-0.2, -0.15) is 5.26 Å². The molecule has 1 aliphatic rings. The third-order valence-electron chi connectivity index (χ3n) is 4.32. The Morgan fingerprint density at radius 3 is 2.67 bits per heavy atom. The molecule has 0 amide bonds. The molecule has 2 heterocycles. The number of hydrogen-bond donors (Lipinski definition) is 2. The molecule has 0 unspecified atom stereocenters. The SMILES string of the molecule is N#C/C(=C(\O)CN1CCCCCC1)c1nc2ccccc2c(=O)[nH]1. The molecular formula is C18H20N4O2. The number of nitrogens with one attached hydrogen (secondary N) is 1. The van der Waals surface area contributed by atoms with Gasteiger partial charge in [0.05, 0.1) is 17.4 Å². The summed E-state index contributed by atoms with van der Waals surface area (Å²) in [7, 11) is 0. The molecule has 1 aliphatic heterocycles. The van der Waals surface area contributed by atoms with Gasteiger partial charge < -0.3 is 10.1 Å². The smallest absolute Gasteiger partial charge is 0.259 e. The summed E-state index contributed by atoms with van der Waals surface area (Å²) in [6.07, 6.45) is 4.59. The molecule has 1 saturated heterocycles. The van der Waals surface area contributed by atoms with Crippen molar-refractivity contribution in [3.05, 3.63) is 46.2 Å². The van der Waals surface area contributed by atoms with E-state index in [0.717, 1.165) is 25.9 Å². The van der Waals surface area contributed by atoms with Crippen LogP contribution in [0.4, 0.5) is 0 Å². The number of aliphatic hydroxyl groups excluding tert-OH is 1. The molecule has 124 valence electrons. The first-order chi connectivity index (χ1) is 11.7. The molecule has 6 heteroatoms. The Morgan fingerprint density at radius 2 is 1.96 bits per heavy atom. The van der Waals surface area contributed by atoms with Crippen molar-refractivity contribution in [1.82, 2.24) is 14.9 Å². The van der Waals surface area contributed by atoms with Crippen LogP contribution in [0, 0.1) is 11.3 Å². The summed E-state index contributed by atoms with van der Waals surface area (Å²) in [6.45, 7) is 2.12. The van der Waals surface area contributed by atoms with Gasteiger partial charge in [-0.05, 0) is 38.1 Å². The van der Waals surface area contributed by atoms with Gasteiger partial charge in [-0.3, -0.25) is 9.69 Å². The second kappa shape index (κ2) is 7.28. The van der Waals surface area contributed by atoms with E-state index in [1.54, 1.807) is 24.3 Å². The average molecular weight is 324 g/mol. The number of allylic oxidation sites excluding steroid dienone is 1. The summed E-state index contributed by atoms with van der Waals surface area (Å²) in [6, 6.07) is 8.92. The lowest BCUT2D eigenvalue weighted by molar-refractivity contribution is 0.258. The molecule has 6 nitrogen and oxygen atoms in total. The minimum Gasteiger partial charge on any atom is -0.509 e. The molecule has 0 spiro atoms. The Balaban J connectivity index is 1.95. The zero-order valence-electron chi connectivity index (χ0n) is 13.5. The van der Waals surface area contributed by atoms with Crippen molar-refractivity contribution in [3.8, 4) is 6.07 Å². The monoisotopic (exact) mass is 324 g/mol. The highest BCUT2D eigenvalue weighted by atomic mass is 16.3. The van der Waals surface area contributed by atoms with E-state index in [9.17, 15) is 15.2 Å². The Labute approximate surface area is 140 Å². The maximum Gasteiger partial charge on any atom is 0.259 e. The zero-order chi connectivity index (χ0) is 16.9. The zero-order valence-corrected chi connectivity index (χ0v) is 13.5. The molecule has 1 aromatic carbocycles. The quantitative estimate of drug-likeness (QED) is 0.668. The van der Waals surface area contributed by atoms with Crippen LogP contribution in [0.1, 0.15) is 31.5 Å². The standard InChI is InChI=1S/C18H20N4O2/c19-11-14(16(23)12-22-9-5-1-2-6-10-22)17-20-15-8-4-3-7-13(15)18(24)21-17/h3-4,7-8,23H,1-2,5-6,9-10,12H2,(H,20,21,24)/b16-14+. The van der Waals surface area contributed by atoms with Gasteiger partial charge in [0.2, 0.25) is 0 Å². The van der Waals surface area contributed by atoms with Gasteiger partial charge in [-0.1, -0.05) is 25.0 Å².